The molecule has 1 aromatic carbocycles. The van der Waals surface area contributed by atoms with Crippen molar-refractivity contribution in [1.29, 1.82) is 0 Å². The highest BCUT2D eigenvalue weighted by molar-refractivity contribution is 9.10. The average molecular weight is 436 g/mol. The molecule has 0 N–H and O–H groups in total. The van der Waals surface area contributed by atoms with Gasteiger partial charge < -0.3 is 4.74 Å². The van der Waals surface area contributed by atoms with Crippen LogP contribution in [0.5, 0.6) is 0 Å². The summed E-state index contributed by atoms with van der Waals surface area (Å²) >= 11 is 9.90. The van der Waals surface area contributed by atoms with Crippen molar-refractivity contribution >= 4 is 27.5 Å². The van der Waals surface area contributed by atoms with E-state index in [1.54, 1.807) is 6.33 Å². The van der Waals surface area contributed by atoms with E-state index >= 15 is 0 Å². The Balaban J connectivity index is 1.60. The summed E-state index contributed by atoms with van der Waals surface area (Å²) in [6.45, 7) is 4.60. The topological polar surface area (TPSA) is 61.0 Å². The minimum Gasteiger partial charge on any atom is -0.379 e. The number of halogens is 2. The van der Waals surface area contributed by atoms with Gasteiger partial charge in [-0.05, 0) is 18.2 Å². The molecule has 134 valence electrons. The Kier molecular flexibility index (Phi) is 4.08. The number of morpholine rings is 1. The molecule has 7 nitrogen and oxygen atoms in total. The third kappa shape index (κ3) is 2.77. The number of benzene rings is 1. The fraction of sp³-hybridized carbons (Fsp3) is 0.353. The van der Waals surface area contributed by atoms with Crippen LogP contribution in [0.2, 0.25) is 5.15 Å². The van der Waals surface area contributed by atoms with Gasteiger partial charge in [0, 0.05) is 23.1 Å². The maximum atomic E-state index is 6.33. The molecule has 3 aromatic rings. The lowest BCUT2D eigenvalue weighted by molar-refractivity contribution is 0.0330. The lowest BCUT2D eigenvalue weighted by Crippen LogP contribution is -2.36. The van der Waals surface area contributed by atoms with Gasteiger partial charge in [0.1, 0.15) is 6.33 Å². The van der Waals surface area contributed by atoms with E-state index < -0.39 is 0 Å². The summed E-state index contributed by atoms with van der Waals surface area (Å²) in [5.41, 5.74) is 2.93. The number of rotatable bonds is 2. The minimum atomic E-state index is 0.497. The Bertz CT molecular complexity index is 978. The molecule has 2 aromatic heterocycles. The first kappa shape index (κ1) is 16.4. The number of hydrogen-bond donors (Lipinski definition) is 0. The minimum absolute atomic E-state index is 0.497. The van der Waals surface area contributed by atoms with Crippen molar-refractivity contribution < 1.29 is 4.74 Å². The van der Waals surface area contributed by atoms with E-state index in [2.05, 4.69) is 31.9 Å². The predicted octanol–water partition coefficient (Wildman–Crippen LogP) is 2.74. The van der Waals surface area contributed by atoms with E-state index in [9.17, 15) is 0 Å². The zero-order valence-corrected chi connectivity index (χ0v) is 16.2. The Labute approximate surface area is 163 Å². The summed E-state index contributed by atoms with van der Waals surface area (Å²) in [4.78, 5) is 11.4. The first-order chi connectivity index (χ1) is 12.7. The van der Waals surface area contributed by atoms with E-state index in [-0.39, 0.29) is 0 Å². The van der Waals surface area contributed by atoms with E-state index in [1.807, 2.05) is 21.4 Å². The predicted molar refractivity (Wildman–Crippen MR) is 100 cm³/mol. The standard InChI is InChI=1S/C17H16BrClN6O/c18-11-1-2-13-12(7-11)17-21-15(9-23-3-5-26-6-4-23)22-25(17)8-14-16(19)20-10-24(13)14/h1-2,7,10H,3-6,8-9H2. The molecule has 1 saturated heterocycles. The molecule has 26 heavy (non-hydrogen) atoms. The largest absolute Gasteiger partial charge is 0.379 e. The maximum absolute atomic E-state index is 6.33. The Morgan fingerprint density at radius 1 is 1.23 bits per heavy atom. The van der Waals surface area contributed by atoms with Crippen molar-refractivity contribution in [2.75, 3.05) is 26.3 Å². The molecule has 0 radical (unpaired) electrons. The summed E-state index contributed by atoms with van der Waals surface area (Å²) in [6, 6.07) is 6.13. The molecule has 0 saturated carbocycles. The number of hydrogen-bond acceptors (Lipinski definition) is 5. The van der Waals surface area contributed by atoms with Crippen LogP contribution in [0.3, 0.4) is 0 Å². The van der Waals surface area contributed by atoms with E-state index in [0.717, 1.165) is 65.9 Å². The number of aromatic nitrogens is 5. The highest BCUT2D eigenvalue weighted by Crippen LogP contribution is 2.34. The lowest BCUT2D eigenvalue weighted by Gasteiger charge is -2.25. The molecule has 1 fully saturated rings. The quantitative estimate of drug-likeness (QED) is 0.484. The number of imidazole rings is 1. The molecule has 0 unspecified atom stereocenters. The molecular weight excluding hydrogens is 420 g/mol. The van der Waals surface area contributed by atoms with Crippen molar-refractivity contribution in [1.82, 2.24) is 29.2 Å². The zero-order valence-electron chi connectivity index (χ0n) is 13.9. The van der Waals surface area contributed by atoms with E-state index in [1.165, 1.54) is 0 Å². The normalized spacial score (nSPS) is 16.7. The molecule has 4 heterocycles. The molecular formula is C17H16BrClN6O. The van der Waals surface area contributed by atoms with Crippen molar-refractivity contribution in [3.8, 4) is 17.1 Å². The Hall–Kier alpha value is -1.74. The van der Waals surface area contributed by atoms with Crippen molar-refractivity contribution in [3.63, 3.8) is 0 Å². The van der Waals surface area contributed by atoms with E-state index in [0.29, 0.717) is 11.7 Å². The van der Waals surface area contributed by atoms with Gasteiger partial charge in [0.25, 0.3) is 0 Å². The maximum Gasteiger partial charge on any atom is 0.165 e. The van der Waals surface area contributed by atoms with Crippen LogP contribution in [0.4, 0.5) is 0 Å². The fourth-order valence-corrected chi connectivity index (χ4v) is 4.02. The summed E-state index contributed by atoms with van der Waals surface area (Å²) in [5, 5.41) is 5.26. The van der Waals surface area contributed by atoms with Gasteiger partial charge in [-0.3, -0.25) is 9.47 Å². The molecule has 2 aliphatic heterocycles. The second-order valence-corrected chi connectivity index (χ2v) is 7.69. The van der Waals surface area contributed by atoms with Crippen molar-refractivity contribution in [2.45, 2.75) is 13.1 Å². The van der Waals surface area contributed by atoms with Crippen molar-refractivity contribution in [3.05, 3.63) is 45.7 Å². The van der Waals surface area contributed by atoms with Gasteiger partial charge in [0.05, 0.1) is 37.7 Å². The van der Waals surface area contributed by atoms with Crippen LogP contribution in [-0.2, 0) is 17.8 Å². The van der Waals surface area contributed by atoms with Crippen molar-refractivity contribution in [2.24, 2.45) is 0 Å². The first-order valence-electron chi connectivity index (χ1n) is 8.45. The van der Waals surface area contributed by atoms with Crippen LogP contribution in [0.1, 0.15) is 11.5 Å². The molecule has 0 atom stereocenters. The second-order valence-electron chi connectivity index (χ2n) is 6.41. The Morgan fingerprint density at radius 2 is 2.08 bits per heavy atom. The third-order valence-electron chi connectivity index (χ3n) is 4.76. The molecule has 0 spiro atoms. The van der Waals surface area contributed by atoms with Gasteiger partial charge in [0.15, 0.2) is 16.8 Å². The van der Waals surface area contributed by atoms with Crippen LogP contribution in [0.25, 0.3) is 17.1 Å². The molecule has 0 amide bonds. The van der Waals surface area contributed by atoms with Crippen LogP contribution < -0.4 is 0 Å². The van der Waals surface area contributed by atoms with Gasteiger partial charge in [-0.25, -0.2) is 14.6 Å². The van der Waals surface area contributed by atoms with Crippen LogP contribution in [-0.4, -0.2) is 55.5 Å². The number of nitrogens with zero attached hydrogens (tertiary/aromatic N) is 6. The summed E-state index contributed by atoms with van der Waals surface area (Å²) in [7, 11) is 0. The van der Waals surface area contributed by atoms with E-state index in [4.69, 9.17) is 26.4 Å². The van der Waals surface area contributed by atoms with Gasteiger partial charge in [-0.1, -0.05) is 27.5 Å². The van der Waals surface area contributed by atoms with Gasteiger partial charge in [0.2, 0.25) is 0 Å². The number of ether oxygens (including phenoxy) is 1. The van der Waals surface area contributed by atoms with Crippen LogP contribution in [0.15, 0.2) is 29.0 Å². The zero-order chi connectivity index (χ0) is 17.7. The molecule has 9 heteroatoms. The first-order valence-corrected chi connectivity index (χ1v) is 9.62. The lowest BCUT2D eigenvalue weighted by atomic mass is 10.1. The molecule has 5 rings (SSSR count). The second kappa shape index (κ2) is 6.45. The highest BCUT2D eigenvalue weighted by Gasteiger charge is 2.25. The third-order valence-corrected chi connectivity index (χ3v) is 5.57. The molecule has 0 aliphatic carbocycles. The van der Waals surface area contributed by atoms with Gasteiger partial charge in [-0.15, -0.1) is 0 Å². The van der Waals surface area contributed by atoms with Crippen LogP contribution >= 0.6 is 27.5 Å². The Morgan fingerprint density at radius 3 is 2.92 bits per heavy atom. The molecule has 0 bridgehead atoms. The van der Waals surface area contributed by atoms with Gasteiger partial charge >= 0.3 is 0 Å². The summed E-state index contributed by atoms with van der Waals surface area (Å²) < 4.78 is 10.4. The SMILES string of the molecule is Clc1ncn2c1Cn1nc(CN3CCOCC3)nc1-c1cc(Br)ccc1-2. The fourth-order valence-electron chi connectivity index (χ4n) is 3.47. The highest BCUT2D eigenvalue weighted by atomic mass is 79.9. The monoisotopic (exact) mass is 434 g/mol. The van der Waals surface area contributed by atoms with Gasteiger partial charge in [-0.2, -0.15) is 5.10 Å². The van der Waals surface area contributed by atoms with Crippen LogP contribution in [0, 0.1) is 0 Å². The summed E-state index contributed by atoms with van der Waals surface area (Å²) in [6.07, 6.45) is 1.76. The smallest absolute Gasteiger partial charge is 0.165 e. The number of fused-ring (bicyclic) bond motifs is 5. The summed E-state index contributed by atoms with van der Waals surface area (Å²) in [5.74, 6) is 1.67. The average Bonchev–Trinajstić information content (AvgIpc) is 3.17. The molecule has 2 aliphatic rings.